The maximum atomic E-state index is 12.0. The average molecular weight is 258 g/mol. The second kappa shape index (κ2) is 5.17. The fraction of sp³-hybridized carbons (Fsp3) is 0.929. The third-order valence-electron chi connectivity index (χ3n) is 4.85. The molecule has 4 atom stereocenters. The first-order chi connectivity index (χ1) is 8.06. The molecule has 0 heterocycles. The molecule has 2 bridgehead atoms. The molecular formula is C14H24ClNO. The molecule has 4 unspecified atom stereocenters. The maximum absolute atomic E-state index is 12.0. The van der Waals surface area contributed by atoms with E-state index in [1.807, 2.05) is 6.92 Å². The van der Waals surface area contributed by atoms with E-state index in [1.165, 1.54) is 25.7 Å². The second-order valence-electron chi connectivity index (χ2n) is 6.24. The Morgan fingerprint density at radius 2 is 2.18 bits per heavy atom. The Labute approximate surface area is 109 Å². The van der Waals surface area contributed by atoms with Crippen LogP contribution in [0.2, 0.25) is 0 Å². The van der Waals surface area contributed by atoms with Gasteiger partial charge in [-0.3, -0.25) is 4.79 Å². The highest BCUT2D eigenvalue weighted by Gasteiger charge is 2.40. The highest BCUT2D eigenvalue weighted by atomic mass is 35.5. The molecule has 2 aliphatic carbocycles. The standard InChI is InChI=1S/C14H24ClNO/c1-3-14(2,9-15)16-13(17)8-12-7-10-4-5-11(12)6-10/h10-12H,3-9H2,1-2H3,(H,16,17). The summed E-state index contributed by atoms with van der Waals surface area (Å²) in [5.74, 6) is 3.09. The number of hydrogen-bond donors (Lipinski definition) is 1. The Bertz CT molecular complexity index is 288. The van der Waals surface area contributed by atoms with Gasteiger partial charge in [0.25, 0.3) is 0 Å². The van der Waals surface area contributed by atoms with Gasteiger partial charge in [0.15, 0.2) is 0 Å². The van der Waals surface area contributed by atoms with Gasteiger partial charge < -0.3 is 5.32 Å². The molecule has 0 aromatic carbocycles. The molecule has 0 saturated heterocycles. The molecule has 2 rings (SSSR count). The van der Waals surface area contributed by atoms with Crippen molar-refractivity contribution in [3.05, 3.63) is 0 Å². The molecule has 2 fully saturated rings. The Kier molecular flexibility index (Phi) is 4.02. The summed E-state index contributed by atoms with van der Waals surface area (Å²) in [5.41, 5.74) is -0.226. The van der Waals surface area contributed by atoms with Crippen molar-refractivity contribution in [3.8, 4) is 0 Å². The monoisotopic (exact) mass is 257 g/mol. The van der Waals surface area contributed by atoms with Gasteiger partial charge in [-0.2, -0.15) is 0 Å². The van der Waals surface area contributed by atoms with Gasteiger partial charge in [0, 0.05) is 12.3 Å². The summed E-state index contributed by atoms with van der Waals surface area (Å²) in [6.45, 7) is 4.10. The van der Waals surface area contributed by atoms with Crippen molar-refractivity contribution >= 4 is 17.5 Å². The molecule has 0 aliphatic heterocycles. The number of fused-ring (bicyclic) bond motifs is 2. The van der Waals surface area contributed by atoms with Gasteiger partial charge in [-0.05, 0) is 50.4 Å². The lowest BCUT2D eigenvalue weighted by atomic mass is 9.86. The lowest BCUT2D eigenvalue weighted by Crippen LogP contribution is -2.47. The molecule has 17 heavy (non-hydrogen) atoms. The molecule has 0 aromatic heterocycles. The normalized spacial score (nSPS) is 34.6. The molecule has 1 amide bonds. The Hall–Kier alpha value is -0.240. The summed E-state index contributed by atoms with van der Waals surface area (Å²) in [7, 11) is 0. The minimum absolute atomic E-state index is 0.201. The Balaban J connectivity index is 1.81. The summed E-state index contributed by atoms with van der Waals surface area (Å²) >= 11 is 5.92. The molecule has 3 heteroatoms. The van der Waals surface area contributed by atoms with E-state index in [1.54, 1.807) is 0 Å². The van der Waals surface area contributed by atoms with Gasteiger partial charge in [-0.25, -0.2) is 0 Å². The number of amides is 1. The van der Waals surface area contributed by atoms with E-state index in [0.29, 0.717) is 18.2 Å². The van der Waals surface area contributed by atoms with Crippen LogP contribution in [0, 0.1) is 17.8 Å². The predicted octanol–water partition coefficient (Wildman–Crippen LogP) is 3.34. The summed E-state index contributed by atoms with van der Waals surface area (Å²) in [6, 6.07) is 0. The zero-order chi connectivity index (χ0) is 12.5. The highest BCUT2D eigenvalue weighted by Crippen LogP contribution is 2.49. The topological polar surface area (TPSA) is 29.1 Å². The minimum Gasteiger partial charge on any atom is -0.350 e. The number of carbonyl (C=O) groups excluding carboxylic acids is 1. The molecule has 1 N–H and O–H groups in total. The third-order valence-corrected chi connectivity index (χ3v) is 5.44. The summed E-state index contributed by atoms with van der Waals surface area (Å²) in [4.78, 5) is 12.0. The molecule has 2 nitrogen and oxygen atoms in total. The maximum Gasteiger partial charge on any atom is 0.220 e. The number of hydrogen-bond acceptors (Lipinski definition) is 1. The average Bonchev–Trinajstić information content (AvgIpc) is 2.90. The van der Waals surface area contributed by atoms with E-state index in [4.69, 9.17) is 11.6 Å². The largest absolute Gasteiger partial charge is 0.350 e. The number of rotatable bonds is 5. The Morgan fingerprint density at radius 1 is 1.41 bits per heavy atom. The van der Waals surface area contributed by atoms with Gasteiger partial charge >= 0.3 is 0 Å². The zero-order valence-corrected chi connectivity index (χ0v) is 11.7. The first-order valence-electron chi connectivity index (χ1n) is 6.93. The Morgan fingerprint density at radius 3 is 2.65 bits per heavy atom. The van der Waals surface area contributed by atoms with Crippen molar-refractivity contribution < 1.29 is 4.79 Å². The van der Waals surface area contributed by atoms with Crippen LogP contribution < -0.4 is 5.32 Å². The SMILES string of the molecule is CCC(C)(CCl)NC(=O)CC1CC2CCC1C2. The van der Waals surface area contributed by atoms with Gasteiger partial charge in [0.1, 0.15) is 0 Å². The summed E-state index contributed by atoms with van der Waals surface area (Å²) in [6.07, 6.45) is 7.01. The van der Waals surface area contributed by atoms with Crippen molar-refractivity contribution in [1.29, 1.82) is 0 Å². The van der Waals surface area contributed by atoms with Gasteiger partial charge in [-0.15, -0.1) is 11.6 Å². The number of carbonyl (C=O) groups is 1. The number of alkyl halides is 1. The lowest BCUT2D eigenvalue weighted by molar-refractivity contribution is -0.124. The van der Waals surface area contributed by atoms with Gasteiger partial charge in [0.05, 0.1) is 5.54 Å². The van der Waals surface area contributed by atoms with Crippen molar-refractivity contribution in [2.45, 2.75) is 57.9 Å². The second-order valence-corrected chi connectivity index (χ2v) is 6.50. The van der Waals surface area contributed by atoms with Crippen LogP contribution >= 0.6 is 11.6 Å². The highest BCUT2D eigenvalue weighted by molar-refractivity contribution is 6.18. The fourth-order valence-corrected chi connectivity index (χ4v) is 3.72. The van der Waals surface area contributed by atoms with Crippen LogP contribution in [0.15, 0.2) is 0 Å². The summed E-state index contributed by atoms with van der Waals surface area (Å²) in [5, 5.41) is 3.11. The number of nitrogens with one attached hydrogen (secondary N) is 1. The van der Waals surface area contributed by atoms with Crippen molar-refractivity contribution in [3.63, 3.8) is 0 Å². The molecule has 2 aliphatic rings. The molecule has 98 valence electrons. The van der Waals surface area contributed by atoms with E-state index in [0.717, 1.165) is 18.3 Å². The zero-order valence-electron chi connectivity index (χ0n) is 11.0. The van der Waals surface area contributed by atoms with Crippen molar-refractivity contribution in [1.82, 2.24) is 5.32 Å². The first-order valence-corrected chi connectivity index (χ1v) is 7.46. The van der Waals surface area contributed by atoms with Crippen LogP contribution in [-0.4, -0.2) is 17.3 Å². The minimum atomic E-state index is -0.226. The lowest BCUT2D eigenvalue weighted by Gasteiger charge is -2.29. The van der Waals surface area contributed by atoms with Crippen molar-refractivity contribution in [2.75, 3.05) is 5.88 Å². The van der Waals surface area contributed by atoms with Crippen LogP contribution in [0.4, 0.5) is 0 Å². The molecular weight excluding hydrogens is 234 g/mol. The molecule has 0 aromatic rings. The van der Waals surface area contributed by atoms with Crippen LogP contribution in [0.5, 0.6) is 0 Å². The third kappa shape index (κ3) is 2.96. The molecule has 0 radical (unpaired) electrons. The van der Waals surface area contributed by atoms with Crippen LogP contribution in [0.1, 0.15) is 52.4 Å². The molecule has 2 saturated carbocycles. The van der Waals surface area contributed by atoms with Crippen molar-refractivity contribution in [2.24, 2.45) is 17.8 Å². The van der Waals surface area contributed by atoms with Gasteiger partial charge in [-0.1, -0.05) is 13.3 Å². The predicted molar refractivity (Wildman–Crippen MR) is 71.1 cm³/mol. The van der Waals surface area contributed by atoms with Crippen LogP contribution in [-0.2, 0) is 4.79 Å². The fourth-order valence-electron chi connectivity index (χ4n) is 3.47. The van der Waals surface area contributed by atoms with Crippen LogP contribution in [0.25, 0.3) is 0 Å². The van der Waals surface area contributed by atoms with E-state index in [2.05, 4.69) is 12.2 Å². The van der Waals surface area contributed by atoms with E-state index in [-0.39, 0.29) is 11.4 Å². The number of halogens is 1. The van der Waals surface area contributed by atoms with Crippen LogP contribution in [0.3, 0.4) is 0 Å². The summed E-state index contributed by atoms with van der Waals surface area (Å²) < 4.78 is 0. The smallest absolute Gasteiger partial charge is 0.220 e. The van der Waals surface area contributed by atoms with E-state index >= 15 is 0 Å². The van der Waals surface area contributed by atoms with E-state index in [9.17, 15) is 4.79 Å². The van der Waals surface area contributed by atoms with E-state index < -0.39 is 0 Å². The quantitative estimate of drug-likeness (QED) is 0.752. The first kappa shape index (κ1) is 13.2. The van der Waals surface area contributed by atoms with Gasteiger partial charge in [0.2, 0.25) is 5.91 Å². The molecule has 0 spiro atoms.